The van der Waals surface area contributed by atoms with Gasteiger partial charge >= 0.3 is 6.18 Å². The van der Waals surface area contributed by atoms with Crippen LogP contribution in [0.15, 0.2) is 12.1 Å². The van der Waals surface area contributed by atoms with Gasteiger partial charge in [-0.15, -0.1) is 0 Å². The van der Waals surface area contributed by atoms with E-state index in [0.717, 1.165) is 6.07 Å². The third kappa shape index (κ3) is 2.33. The summed E-state index contributed by atoms with van der Waals surface area (Å²) < 4.78 is 36.9. The molecule has 0 unspecified atom stereocenters. The van der Waals surface area contributed by atoms with Gasteiger partial charge in [0.05, 0.1) is 16.1 Å². The summed E-state index contributed by atoms with van der Waals surface area (Å²) in [4.78, 5) is 10.7. The van der Waals surface area contributed by atoms with E-state index in [2.05, 4.69) is 0 Å². The summed E-state index contributed by atoms with van der Waals surface area (Å²) in [5.41, 5.74) is 8.44. The molecule has 0 radical (unpaired) electrons. The lowest BCUT2D eigenvalue weighted by Crippen LogP contribution is -2.15. The second-order valence-electron chi connectivity index (χ2n) is 2.78. The highest BCUT2D eigenvalue weighted by Gasteiger charge is 2.34. The first-order valence-electron chi connectivity index (χ1n) is 3.69. The normalized spacial score (nSPS) is 11.5. The summed E-state index contributed by atoms with van der Waals surface area (Å²) >= 11 is 5.35. The van der Waals surface area contributed by atoms with E-state index in [1.807, 2.05) is 0 Å². The quantitative estimate of drug-likeness (QED) is 0.735. The smallest absolute Gasteiger partial charge is 0.398 e. The standard InChI is InChI=1S/C8H6ClF3N2O/c9-5-1-3(7(14)15)6(13)2-4(5)8(10,11)12/h1-2H,13H2,(H2,14,15). The molecule has 0 saturated carbocycles. The van der Waals surface area contributed by atoms with Crippen LogP contribution in [0, 0.1) is 0 Å². The van der Waals surface area contributed by atoms with E-state index in [0.29, 0.717) is 6.07 Å². The number of carbonyl (C=O) groups is 1. The van der Waals surface area contributed by atoms with Crippen molar-refractivity contribution in [1.29, 1.82) is 0 Å². The molecule has 7 heteroatoms. The second kappa shape index (κ2) is 3.62. The number of anilines is 1. The molecule has 1 aromatic carbocycles. The minimum Gasteiger partial charge on any atom is -0.398 e. The Hall–Kier alpha value is -1.43. The maximum Gasteiger partial charge on any atom is 0.417 e. The van der Waals surface area contributed by atoms with Gasteiger partial charge in [0.25, 0.3) is 5.91 Å². The van der Waals surface area contributed by atoms with E-state index in [9.17, 15) is 18.0 Å². The molecule has 15 heavy (non-hydrogen) atoms. The number of hydrogen-bond donors (Lipinski definition) is 2. The van der Waals surface area contributed by atoms with E-state index in [-0.39, 0.29) is 11.3 Å². The van der Waals surface area contributed by atoms with Crippen molar-refractivity contribution in [2.75, 3.05) is 5.73 Å². The number of primary amides is 1. The number of hydrogen-bond acceptors (Lipinski definition) is 2. The van der Waals surface area contributed by atoms with Crippen molar-refractivity contribution in [3.05, 3.63) is 28.3 Å². The van der Waals surface area contributed by atoms with Gasteiger partial charge in [0.2, 0.25) is 0 Å². The molecule has 1 amide bonds. The monoisotopic (exact) mass is 238 g/mol. The first kappa shape index (κ1) is 11.6. The Morgan fingerprint density at radius 3 is 2.27 bits per heavy atom. The summed E-state index contributed by atoms with van der Waals surface area (Å²) in [6.07, 6.45) is -4.61. The van der Waals surface area contributed by atoms with Gasteiger partial charge in [0.1, 0.15) is 0 Å². The lowest BCUT2D eigenvalue weighted by Gasteiger charge is -2.11. The number of nitrogen functional groups attached to an aromatic ring is 1. The van der Waals surface area contributed by atoms with Gasteiger partial charge in [-0.1, -0.05) is 11.6 Å². The van der Waals surface area contributed by atoms with Gasteiger partial charge in [0, 0.05) is 5.69 Å². The number of alkyl halides is 3. The Morgan fingerprint density at radius 2 is 1.87 bits per heavy atom. The molecule has 0 aromatic heterocycles. The highest BCUT2D eigenvalue weighted by molar-refractivity contribution is 6.32. The number of halogens is 4. The Morgan fingerprint density at radius 1 is 1.33 bits per heavy atom. The van der Waals surface area contributed by atoms with Gasteiger partial charge in [-0.2, -0.15) is 13.2 Å². The molecular weight excluding hydrogens is 233 g/mol. The Bertz CT molecular complexity index is 417. The molecule has 4 N–H and O–H groups in total. The largest absolute Gasteiger partial charge is 0.417 e. The Labute approximate surface area is 87.8 Å². The third-order valence-electron chi connectivity index (χ3n) is 1.71. The molecule has 0 bridgehead atoms. The van der Waals surface area contributed by atoms with Crippen molar-refractivity contribution in [3.8, 4) is 0 Å². The molecule has 0 fully saturated rings. The van der Waals surface area contributed by atoms with Gasteiger partial charge in [-0.25, -0.2) is 0 Å². The maximum absolute atomic E-state index is 12.3. The maximum atomic E-state index is 12.3. The van der Waals surface area contributed by atoms with Crippen molar-refractivity contribution < 1.29 is 18.0 Å². The average Bonchev–Trinajstić information content (AvgIpc) is 2.06. The molecule has 0 atom stereocenters. The molecule has 0 saturated heterocycles. The third-order valence-corrected chi connectivity index (χ3v) is 2.02. The van der Waals surface area contributed by atoms with E-state index in [1.165, 1.54) is 0 Å². The summed E-state index contributed by atoms with van der Waals surface area (Å²) in [7, 11) is 0. The van der Waals surface area contributed by atoms with Gasteiger partial charge < -0.3 is 11.5 Å². The van der Waals surface area contributed by atoms with Crippen molar-refractivity contribution in [1.82, 2.24) is 0 Å². The molecule has 0 spiro atoms. The average molecular weight is 239 g/mol. The molecule has 0 heterocycles. The van der Waals surface area contributed by atoms with Crippen LogP contribution in [0.3, 0.4) is 0 Å². The van der Waals surface area contributed by atoms with Crippen LogP contribution in [0.2, 0.25) is 5.02 Å². The fourth-order valence-electron chi connectivity index (χ4n) is 1.02. The predicted octanol–water partition coefficient (Wildman–Crippen LogP) is 2.04. The van der Waals surface area contributed by atoms with Crippen LogP contribution < -0.4 is 11.5 Å². The highest BCUT2D eigenvalue weighted by atomic mass is 35.5. The minimum atomic E-state index is -4.61. The Kier molecular flexibility index (Phi) is 2.81. The number of rotatable bonds is 1. The number of carbonyl (C=O) groups excluding carboxylic acids is 1. The van der Waals surface area contributed by atoms with Gasteiger partial charge in [-0.3, -0.25) is 4.79 Å². The zero-order chi connectivity index (χ0) is 11.8. The van der Waals surface area contributed by atoms with Gasteiger partial charge in [-0.05, 0) is 12.1 Å². The number of nitrogens with two attached hydrogens (primary N) is 2. The van der Waals surface area contributed by atoms with Crippen LogP contribution >= 0.6 is 11.6 Å². The van der Waals surface area contributed by atoms with Crippen molar-refractivity contribution >= 4 is 23.2 Å². The molecule has 0 aliphatic heterocycles. The molecule has 3 nitrogen and oxygen atoms in total. The van der Waals surface area contributed by atoms with E-state index in [1.54, 1.807) is 0 Å². The summed E-state index contributed by atoms with van der Waals surface area (Å²) in [5, 5.41) is -0.606. The van der Waals surface area contributed by atoms with Crippen molar-refractivity contribution in [3.63, 3.8) is 0 Å². The van der Waals surface area contributed by atoms with Crippen LogP contribution in [0.5, 0.6) is 0 Å². The van der Waals surface area contributed by atoms with Crippen molar-refractivity contribution in [2.45, 2.75) is 6.18 Å². The lowest BCUT2D eigenvalue weighted by molar-refractivity contribution is -0.137. The Balaban J connectivity index is 3.39. The molecule has 0 aliphatic carbocycles. The molecular formula is C8H6ClF3N2O. The summed E-state index contributed by atoms with van der Waals surface area (Å²) in [6, 6.07) is 1.39. The second-order valence-corrected chi connectivity index (χ2v) is 3.19. The zero-order valence-electron chi connectivity index (χ0n) is 7.23. The van der Waals surface area contributed by atoms with Gasteiger partial charge in [0.15, 0.2) is 0 Å². The fourth-order valence-corrected chi connectivity index (χ4v) is 1.29. The molecule has 0 aliphatic rings. The topological polar surface area (TPSA) is 69.1 Å². The fraction of sp³-hybridized carbons (Fsp3) is 0.125. The highest BCUT2D eigenvalue weighted by Crippen LogP contribution is 2.36. The molecule has 1 rings (SSSR count). The molecule has 82 valence electrons. The van der Waals surface area contributed by atoms with E-state index >= 15 is 0 Å². The predicted molar refractivity (Wildman–Crippen MR) is 49.4 cm³/mol. The summed E-state index contributed by atoms with van der Waals surface area (Å²) in [6.45, 7) is 0. The number of benzene rings is 1. The first-order valence-corrected chi connectivity index (χ1v) is 4.07. The minimum absolute atomic E-state index is 0.229. The van der Waals surface area contributed by atoms with Crippen LogP contribution in [-0.4, -0.2) is 5.91 Å². The van der Waals surface area contributed by atoms with Crippen LogP contribution in [0.1, 0.15) is 15.9 Å². The SMILES string of the molecule is NC(=O)c1cc(Cl)c(C(F)(F)F)cc1N. The van der Waals surface area contributed by atoms with E-state index in [4.69, 9.17) is 23.1 Å². The zero-order valence-corrected chi connectivity index (χ0v) is 7.99. The lowest BCUT2D eigenvalue weighted by atomic mass is 10.1. The first-order chi connectivity index (χ1) is 6.73. The number of amides is 1. The van der Waals surface area contributed by atoms with Crippen LogP contribution in [0.25, 0.3) is 0 Å². The van der Waals surface area contributed by atoms with Crippen LogP contribution in [0.4, 0.5) is 18.9 Å². The van der Waals surface area contributed by atoms with Crippen LogP contribution in [-0.2, 0) is 6.18 Å². The van der Waals surface area contributed by atoms with Crippen molar-refractivity contribution in [2.24, 2.45) is 5.73 Å². The summed E-state index contributed by atoms with van der Waals surface area (Å²) in [5.74, 6) is -0.928. The molecule has 1 aromatic rings. The van der Waals surface area contributed by atoms with E-state index < -0.39 is 22.7 Å².